The van der Waals surface area contributed by atoms with Gasteiger partial charge < -0.3 is 10.1 Å². The Hall–Kier alpha value is -1.51. The van der Waals surface area contributed by atoms with Crippen molar-refractivity contribution in [2.45, 2.75) is 23.8 Å². The molecule has 1 atom stereocenters. The van der Waals surface area contributed by atoms with Gasteiger partial charge in [-0.3, -0.25) is 4.79 Å². The van der Waals surface area contributed by atoms with Crippen molar-refractivity contribution < 1.29 is 22.3 Å². The molecule has 1 fully saturated rings. The Morgan fingerprint density at radius 3 is 2.80 bits per heavy atom. The van der Waals surface area contributed by atoms with Crippen LogP contribution in [0.2, 0.25) is 0 Å². The Bertz CT molecular complexity index is 612. The van der Waals surface area contributed by atoms with Crippen LogP contribution in [-0.2, 0) is 14.8 Å². The predicted octanol–water partition coefficient (Wildman–Crippen LogP) is 0.382. The molecule has 1 saturated heterocycles. The van der Waals surface area contributed by atoms with Gasteiger partial charge in [0.1, 0.15) is 5.82 Å². The number of ether oxygens (including phenoxy) is 1. The number of nitrogens with two attached hydrogens (primary N) is 1. The maximum Gasteiger partial charge on any atom is 0.254 e. The zero-order valence-corrected chi connectivity index (χ0v) is 11.5. The van der Waals surface area contributed by atoms with Gasteiger partial charge in [0.25, 0.3) is 5.91 Å². The first-order valence-electron chi connectivity index (χ1n) is 6.10. The van der Waals surface area contributed by atoms with Gasteiger partial charge in [-0.1, -0.05) is 0 Å². The van der Waals surface area contributed by atoms with Crippen LogP contribution in [-0.4, -0.2) is 33.6 Å². The number of nitrogens with one attached hydrogen (secondary N) is 1. The smallest absolute Gasteiger partial charge is 0.254 e. The van der Waals surface area contributed by atoms with Crippen LogP contribution in [0, 0.1) is 5.82 Å². The first kappa shape index (κ1) is 14.9. The minimum absolute atomic E-state index is 0.0503. The standard InChI is InChI=1S/C12H15FN2O4S/c13-11-6-9(20(14,17)18)3-4-10(11)12(16)15-7-8-2-1-5-19-8/h3-4,6,8H,1-2,5,7H2,(H,15,16)(H2,14,17,18). The molecule has 1 aliphatic heterocycles. The first-order chi connectivity index (χ1) is 9.38. The SMILES string of the molecule is NS(=O)(=O)c1ccc(C(=O)NCC2CCCO2)c(F)c1. The second-order valence-electron chi connectivity index (χ2n) is 4.53. The second-order valence-corrected chi connectivity index (χ2v) is 6.09. The molecule has 0 bridgehead atoms. The van der Waals surface area contributed by atoms with Gasteiger partial charge in [-0.25, -0.2) is 17.9 Å². The van der Waals surface area contributed by atoms with Gasteiger partial charge in [-0.2, -0.15) is 0 Å². The Kier molecular flexibility index (Phi) is 4.36. The molecule has 0 saturated carbocycles. The predicted molar refractivity (Wildman–Crippen MR) is 69.1 cm³/mol. The van der Waals surface area contributed by atoms with Gasteiger partial charge in [0, 0.05) is 13.2 Å². The summed E-state index contributed by atoms with van der Waals surface area (Å²) in [6.45, 7) is 0.965. The fourth-order valence-electron chi connectivity index (χ4n) is 1.96. The van der Waals surface area contributed by atoms with E-state index in [4.69, 9.17) is 9.88 Å². The van der Waals surface area contributed by atoms with Gasteiger partial charge >= 0.3 is 0 Å². The van der Waals surface area contributed by atoms with Crippen molar-refractivity contribution in [3.8, 4) is 0 Å². The van der Waals surface area contributed by atoms with Crippen LogP contribution in [0.3, 0.4) is 0 Å². The van der Waals surface area contributed by atoms with Gasteiger partial charge in [0.15, 0.2) is 0 Å². The number of primary sulfonamides is 1. The number of carbonyl (C=O) groups is 1. The van der Waals surface area contributed by atoms with E-state index in [2.05, 4.69) is 5.32 Å². The summed E-state index contributed by atoms with van der Waals surface area (Å²) in [5, 5.41) is 7.44. The summed E-state index contributed by atoms with van der Waals surface area (Å²) < 4.78 is 41.2. The van der Waals surface area contributed by atoms with Gasteiger partial charge in [-0.15, -0.1) is 0 Å². The van der Waals surface area contributed by atoms with Crippen LogP contribution >= 0.6 is 0 Å². The number of hydrogen-bond donors (Lipinski definition) is 2. The number of sulfonamides is 1. The molecule has 3 N–H and O–H groups in total. The molecule has 20 heavy (non-hydrogen) atoms. The van der Waals surface area contributed by atoms with Crippen LogP contribution in [0.1, 0.15) is 23.2 Å². The van der Waals surface area contributed by atoms with E-state index in [1.807, 2.05) is 0 Å². The number of halogens is 1. The average Bonchev–Trinajstić information content (AvgIpc) is 2.87. The monoisotopic (exact) mass is 302 g/mol. The zero-order valence-electron chi connectivity index (χ0n) is 10.6. The van der Waals surface area contributed by atoms with Crippen LogP contribution in [0.5, 0.6) is 0 Å². The number of rotatable bonds is 4. The highest BCUT2D eigenvalue weighted by molar-refractivity contribution is 7.89. The molecule has 1 aliphatic rings. The van der Waals surface area contributed by atoms with E-state index in [0.29, 0.717) is 13.2 Å². The number of hydrogen-bond acceptors (Lipinski definition) is 4. The summed E-state index contributed by atoms with van der Waals surface area (Å²) in [5.41, 5.74) is -0.226. The van der Waals surface area contributed by atoms with Crippen LogP contribution in [0.15, 0.2) is 23.1 Å². The van der Waals surface area contributed by atoms with E-state index in [1.165, 1.54) is 0 Å². The first-order valence-corrected chi connectivity index (χ1v) is 7.65. The molecule has 0 aliphatic carbocycles. The topological polar surface area (TPSA) is 98.5 Å². The maximum atomic E-state index is 13.7. The summed E-state index contributed by atoms with van der Waals surface area (Å²) in [4.78, 5) is 11.4. The minimum Gasteiger partial charge on any atom is -0.376 e. The average molecular weight is 302 g/mol. The van der Waals surface area contributed by atoms with Crippen molar-refractivity contribution in [2.24, 2.45) is 5.14 Å². The van der Waals surface area contributed by atoms with Crippen molar-refractivity contribution in [1.29, 1.82) is 0 Å². The van der Waals surface area contributed by atoms with Crippen molar-refractivity contribution in [3.05, 3.63) is 29.6 Å². The maximum absolute atomic E-state index is 13.7. The lowest BCUT2D eigenvalue weighted by molar-refractivity contribution is 0.0854. The summed E-state index contributed by atoms with van der Waals surface area (Å²) in [6, 6.07) is 2.93. The van der Waals surface area contributed by atoms with Crippen molar-refractivity contribution in [1.82, 2.24) is 5.32 Å². The quantitative estimate of drug-likeness (QED) is 0.840. The normalized spacial score (nSPS) is 19.0. The van der Waals surface area contributed by atoms with E-state index >= 15 is 0 Å². The van der Waals surface area contributed by atoms with E-state index in [-0.39, 0.29) is 16.6 Å². The van der Waals surface area contributed by atoms with Crippen molar-refractivity contribution in [3.63, 3.8) is 0 Å². The molecule has 0 radical (unpaired) electrons. The fourth-order valence-corrected chi connectivity index (χ4v) is 2.49. The minimum atomic E-state index is -3.98. The molecule has 1 aromatic rings. The Morgan fingerprint density at radius 1 is 1.50 bits per heavy atom. The molecule has 1 aromatic carbocycles. The molecule has 2 rings (SSSR count). The molecule has 0 aromatic heterocycles. The molecular weight excluding hydrogens is 287 g/mol. The molecule has 110 valence electrons. The van der Waals surface area contributed by atoms with Crippen LogP contribution in [0.25, 0.3) is 0 Å². The lowest BCUT2D eigenvalue weighted by Gasteiger charge is -2.11. The summed E-state index contributed by atoms with van der Waals surface area (Å²) >= 11 is 0. The largest absolute Gasteiger partial charge is 0.376 e. The molecule has 1 amide bonds. The van der Waals surface area contributed by atoms with Crippen LogP contribution in [0.4, 0.5) is 4.39 Å². The van der Waals surface area contributed by atoms with Crippen molar-refractivity contribution >= 4 is 15.9 Å². The summed E-state index contributed by atoms with van der Waals surface area (Å²) in [5.74, 6) is -1.54. The molecule has 1 unspecified atom stereocenters. The van der Waals surface area contributed by atoms with E-state index in [1.54, 1.807) is 0 Å². The molecule has 0 spiro atoms. The molecule has 1 heterocycles. The highest BCUT2D eigenvalue weighted by atomic mass is 32.2. The molecular formula is C12H15FN2O4S. The Balaban J connectivity index is 2.06. The molecule has 6 nitrogen and oxygen atoms in total. The van der Waals surface area contributed by atoms with E-state index in [0.717, 1.165) is 31.0 Å². The van der Waals surface area contributed by atoms with E-state index in [9.17, 15) is 17.6 Å². The van der Waals surface area contributed by atoms with Gasteiger partial charge in [0.2, 0.25) is 10.0 Å². The Morgan fingerprint density at radius 2 is 2.25 bits per heavy atom. The molecule has 8 heteroatoms. The number of benzene rings is 1. The van der Waals surface area contributed by atoms with Crippen LogP contribution < -0.4 is 10.5 Å². The third-order valence-electron chi connectivity index (χ3n) is 3.03. The van der Waals surface area contributed by atoms with Gasteiger partial charge in [-0.05, 0) is 31.0 Å². The van der Waals surface area contributed by atoms with Crippen molar-refractivity contribution in [2.75, 3.05) is 13.2 Å². The number of carbonyl (C=O) groups excluding carboxylic acids is 1. The highest BCUT2D eigenvalue weighted by Crippen LogP contribution is 2.14. The summed E-state index contributed by atoms with van der Waals surface area (Å²) in [6.07, 6.45) is 1.75. The zero-order chi connectivity index (χ0) is 14.8. The third kappa shape index (κ3) is 3.53. The fraction of sp³-hybridized carbons (Fsp3) is 0.417. The lowest BCUT2D eigenvalue weighted by Crippen LogP contribution is -2.32. The second kappa shape index (κ2) is 5.86. The van der Waals surface area contributed by atoms with E-state index < -0.39 is 21.7 Å². The highest BCUT2D eigenvalue weighted by Gasteiger charge is 2.19. The number of amides is 1. The lowest BCUT2D eigenvalue weighted by atomic mass is 10.2. The van der Waals surface area contributed by atoms with Gasteiger partial charge in [0.05, 0.1) is 16.6 Å². The third-order valence-corrected chi connectivity index (χ3v) is 3.94. The summed E-state index contributed by atoms with van der Waals surface area (Å²) in [7, 11) is -3.98. The Labute approximate surface area is 116 Å².